The summed E-state index contributed by atoms with van der Waals surface area (Å²) in [6, 6.07) is 9.09. The third-order valence-electron chi connectivity index (χ3n) is 3.39. The van der Waals surface area contributed by atoms with Crippen LogP contribution in [0, 0.1) is 11.8 Å². The molecule has 1 saturated heterocycles. The van der Waals surface area contributed by atoms with Gasteiger partial charge in [0.2, 0.25) is 0 Å². The van der Waals surface area contributed by atoms with Gasteiger partial charge in [0, 0.05) is 13.1 Å². The molecule has 0 aromatic heterocycles. The van der Waals surface area contributed by atoms with Gasteiger partial charge in [-0.15, -0.1) is 0 Å². The molecule has 2 rings (SSSR count). The largest absolute Gasteiger partial charge is 0.484 e. The molecule has 1 aromatic rings. The van der Waals surface area contributed by atoms with E-state index < -0.39 is 11.9 Å². The number of hydrogen-bond acceptors (Lipinski definition) is 3. The number of para-hydroxylation sites is 1. The van der Waals surface area contributed by atoms with Crippen molar-refractivity contribution in [2.24, 2.45) is 11.8 Å². The van der Waals surface area contributed by atoms with E-state index in [1.807, 2.05) is 25.1 Å². The van der Waals surface area contributed by atoms with Gasteiger partial charge in [-0.25, -0.2) is 0 Å². The lowest BCUT2D eigenvalue weighted by Gasteiger charge is -2.16. The van der Waals surface area contributed by atoms with E-state index in [-0.39, 0.29) is 25.0 Å². The summed E-state index contributed by atoms with van der Waals surface area (Å²) in [7, 11) is 0. The summed E-state index contributed by atoms with van der Waals surface area (Å²) in [4.78, 5) is 24.5. The van der Waals surface area contributed by atoms with Crippen LogP contribution in [0.25, 0.3) is 0 Å². The van der Waals surface area contributed by atoms with Gasteiger partial charge in [-0.2, -0.15) is 0 Å². The molecule has 0 radical (unpaired) electrons. The van der Waals surface area contributed by atoms with Crippen LogP contribution in [-0.2, 0) is 9.59 Å². The summed E-state index contributed by atoms with van der Waals surface area (Å²) in [5, 5.41) is 9.02. The Morgan fingerprint density at radius 2 is 2.00 bits per heavy atom. The highest BCUT2D eigenvalue weighted by Gasteiger charge is 2.36. The summed E-state index contributed by atoms with van der Waals surface area (Å²) in [5.74, 6) is -0.858. The van der Waals surface area contributed by atoms with Gasteiger partial charge in [-0.05, 0) is 18.1 Å². The number of carbonyl (C=O) groups excluding carboxylic acids is 1. The maximum Gasteiger partial charge on any atom is 0.308 e. The van der Waals surface area contributed by atoms with Gasteiger partial charge >= 0.3 is 5.97 Å². The van der Waals surface area contributed by atoms with Crippen molar-refractivity contribution in [1.82, 2.24) is 4.90 Å². The van der Waals surface area contributed by atoms with Gasteiger partial charge < -0.3 is 14.7 Å². The van der Waals surface area contributed by atoms with E-state index in [1.165, 1.54) is 0 Å². The zero-order valence-corrected chi connectivity index (χ0v) is 10.8. The summed E-state index contributed by atoms with van der Waals surface area (Å²) in [6.45, 7) is 2.55. The molecule has 1 aliphatic rings. The maximum absolute atomic E-state index is 11.9. The molecule has 2 atom stereocenters. The van der Waals surface area contributed by atoms with Gasteiger partial charge in [-0.1, -0.05) is 25.1 Å². The molecular weight excluding hydrogens is 246 g/mol. The van der Waals surface area contributed by atoms with E-state index in [1.54, 1.807) is 17.0 Å². The van der Waals surface area contributed by atoms with Crippen molar-refractivity contribution in [2.75, 3.05) is 19.7 Å². The molecule has 0 spiro atoms. The first-order valence-corrected chi connectivity index (χ1v) is 6.26. The lowest BCUT2D eigenvalue weighted by atomic mass is 9.99. The summed E-state index contributed by atoms with van der Waals surface area (Å²) in [5.41, 5.74) is 0. The minimum atomic E-state index is -0.841. The fraction of sp³-hybridized carbons (Fsp3) is 0.429. The van der Waals surface area contributed by atoms with Crippen LogP contribution in [0.3, 0.4) is 0 Å². The number of likely N-dealkylation sites (tertiary alicyclic amines) is 1. The number of aliphatic carboxylic acids is 1. The van der Waals surface area contributed by atoms with E-state index in [2.05, 4.69) is 0 Å². The van der Waals surface area contributed by atoms with Crippen molar-refractivity contribution >= 4 is 11.9 Å². The van der Waals surface area contributed by atoms with Gasteiger partial charge in [-0.3, -0.25) is 9.59 Å². The summed E-state index contributed by atoms with van der Waals surface area (Å²) >= 11 is 0. The molecule has 5 nitrogen and oxygen atoms in total. The number of rotatable bonds is 4. The molecule has 0 aliphatic carbocycles. The molecule has 0 bridgehead atoms. The Hall–Kier alpha value is -2.04. The van der Waals surface area contributed by atoms with Crippen molar-refractivity contribution in [3.63, 3.8) is 0 Å². The Balaban J connectivity index is 1.86. The second kappa shape index (κ2) is 5.73. The van der Waals surface area contributed by atoms with E-state index in [9.17, 15) is 9.59 Å². The first-order chi connectivity index (χ1) is 9.08. The van der Waals surface area contributed by atoms with E-state index in [0.717, 1.165) is 0 Å². The third kappa shape index (κ3) is 3.24. The van der Waals surface area contributed by atoms with Crippen LogP contribution in [0.4, 0.5) is 0 Å². The number of carbonyl (C=O) groups is 2. The van der Waals surface area contributed by atoms with Crippen LogP contribution in [0.2, 0.25) is 0 Å². The molecule has 102 valence electrons. The normalized spacial score (nSPS) is 22.3. The predicted molar refractivity (Wildman–Crippen MR) is 68.8 cm³/mol. The minimum absolute atomic E-state index is 0.0156. The van der Waals surface area contributed by atoms with E-state index in [4.69, 9.17) is 9.84 Å². The van der Waals surface area contributed by atoms with Crippen molar-refractivity contribution in [3.05, 3.63) is 30.3 Å². The minimum Gasteiger partial charge on any atom is -0.484 e. The standard InChI is InChI=1S/C14H17NO4/c1-10-7-15(8-12(10)14(17)18)13(16)9-19-11-5-3-2-4-6-11/h2-6,10,12H,7-9H2,1H3,(H,17,18). The average molecular weight is 263 g/mol. The Morgan fingerprint density at radius 1 is 1.32 bits per heavy atom. The van der Waals surface area contributed by atoms with E-state index in [0.29, 0.717) is 12.3 Å². The molecule has 1 N–H and O–H groups in total. The quantitative estimate of drug-likeness (QED) is 0.887. The van der Waals surface area contributed by atoms with Crippen molar-refractivity contribution in [3.8, 4) is 5.75 Å². The Bertz CT molecular complexity index is 460. The zero-order valence-electron chi connectivity index (χ0n) is 10.8. The number of nitrogens with zero attached hydrogens (tertiary/aromatic N) is 1. The third-order valence-corrected chi connectivity index (χ3v) is 3.39. The van der Waals surface area contributed by atoms with Crippen molar-refractivity contribution in [1.29, 1.82) is 0 Å². The molecular formula is C14H17NO4. The first kappa shape index (κ1) is 13.4. The number of amides is 1. The van der Waals surface area contributed by atoms with Gasteiger partial charge in [0.25, 0.3) is 5.91 Å². The number of carboxylic acids is 1. The molecule has 2 unspecified atom stereocenters. The van der Waals surface area contributed by atoms with Gasteiger partial charge in [0.05, 0.1) is 5.92 Å². The summed E-state index contributed by atoms with van der Waals surface area (Å²) < 4.78 is 5.37. The van der Waals surface area contributed by atoms with Crippen LogP contribution >= 0.6 is 0 Å². The smallest absolute Gasteiger partial charge is 0.308 e. The topological polar surface area (TPSA) is 66.8 Å². The predicted octanol–water partition coefficient (Wildman–Crippen LogP) is 1.24. The lowest BCUT2D eigenvalue weighted by molar-refractivity contribution is -0.142. The highest BCUT2D eigenvalue weighted by atomic mass is 16.5. The van der Waals surface area contributed by atoms with Gasteiger partial charge in [0.15, 0.2) is 6.61 Å². The first-order valence-electron chi connectivity index (χ1n) is 6.26. The number of carboxylic acid groups (broad SMARTS) is 1. The van der Waals surface area contributed by atoms with Crippen LogP contribution < -0.4 is 4.74 Å². The fourth-order valence-electron chi connectivity index (χ4n) is 2.24. The average Bonchev–Trinajstić information content (AvgIpc) is 2.79. The molecule has 5 heteroatoms. The van der Waals surface area contributed by atoms with Crippen LogP contribution in [0.1, 0.15) is 6.92 Å². The molecule has 1 amide bonds. The molecule has 1 aromatic carbocycles. The number of ether oxygens (including phenoxy) is 1. The SMILES string of the molecule is CC1CN(C(=O)COc2ccccc2)CC1C(=O)O. The second-order valence-electron chi connectivity index (χ2n) is 4.82. The fourth-order valence-corrected chi connectivity index (χ4v) is 2.24. The van der Waals surface area contributed by atoms with E-state index >= 15 is 0 Å². The Kier molecular flexibility index (Phi) is 4.04. The molecule has 1 heterocycles. The van der Waals surface area contributed by atoms with Crippen LogP contribution in [-0.4, -0.2) is 41.6 Å². The van der Waals surface area contributed by atoms with Crippen molar-refractivity contribution in [2.45, 2.75) is 6.92 Å². The highest BCUT2D eigenvalue weighted by molar-refractivity contribution is 5.80. The molecule has 0 saturated carbocycles. The molecule has 1 aliphatic heterocycles. The molecule has 1 fully saturated rings. The highest BCUT2D eigenvalue weighted by Crippen LogP contribution is 2.23. The number of benzene rings is 1. The van der Waals surface area contributed by atoms with Gasteiger partial charge in [0.1, 0.15) is 5.75 Å². The zero-order chi connectivity index (χ0) is 13.8. The van der Waals surface area contributed by atoms with Crippen LogP contribution in [0.5, 0.6) is 5.75 Å². The monoisotopic (exact) mass is 263 g/mol. The maximum atomic E-state index is 11.9. The Labute approximate surface area is 111 Å². The van der Waals surface area contributed by atoms with Crippen LogP contribution in [0.15, 0.2) is 30.3 Å². The number of hydrogen-bond donors (Lipinski definition) is 1. The Morgan fingerprint density at radius 3 is 2.58 bits per heavy atom. The van der Waals surface area contributed by atoms with Crippen molar-refractivity contribution < 1.29 is 19.4 Å². The lowest BCUT2D eigenvalue weighted by Crippen LogP contribution is -2.33. The molecule has 19 heavy (non-hydrogen) atoms. The second-order valence-corrected chi connectivity index (χ2v) is 4.82. The summed E-state index contributed by atoms with van der Waals surface area (Å²) in [6.07, 6.45) is 0.